The number of hydrogen-bond acceptors (Lipinski definition) is 0. The van der Waals surface area contributed by atoms with Crippen LogP contribution < -0.4 is 0 Å². The fourth-order valence-electron chi connectivity index (χ4n) is 9.12. The molecule has 49 heavy (non-hydrogen) atoms. The van der Waals surface area contributed by atoms with Crippen molar-refractivity contribution < 1.29 is 17.1 Å². The minimum absolute atomic E-state index is 0.149. The second-order valence-corrected chi connectivity index (χ2v) is 65.7. The van der Waals surface area contributed by atoms with Crippen molar-refractivity contribution in [1.29, 1.82) is 0 Å². The molecule has 0 saturated carbocycles. The van der Waals surface area contributed by atoms with Crippen molar-refractivity contribution in [3.05, 3.63) is 129 Å². The van der Waals surface area contributed by atoms with Crippen LogP contribution >= 0.6 is 0 Å². The molecular formula is C47H60HfSi. The molecule has 2 unspecified atom stereocenters. The molecule has 0 saturated heterocycles. The van der Waals surface area contributed by atoms with Gasteiger partial charge in [-0.1, -0.05) is 0 Å². The summed E-state index contributed by atoms with van der Waals surface area (Å²) >= 11 is -3.87. The number of hydrogen-bond donors (Lipinski definition) is 0. The zero-order chi connectivity index (χ0) is 35.5. The molecule has 4 aromatic rings. The van der Waals surface area contributed by atoms with Crippen LogP contribution in [0.3, 0.4) is 0 Å². The van der Waals surface area contributed by atoms with Crippen LogP contribution in [0.1, 0.15) is 113 Å². The molecule has 2 atom stereocenters. The number of fused-ring (bicyclic) bond motifs is 2. The van der Waals surface area contributed by atoms with Crippen LogP contribution in [-0.4, -0.2) is 5.49 Å². The van der Waals surface area contributed by atoms with E-state index in [9.17, 15) is 0 Å². The number of rotatable bonds is 7. The average Bonchev–Trinajstić information content (AvgIpc) is 3.69. The van der Waals surface area contributed by atoms with Gasteiger partial charge >= 0.3 is 302 Å². The summed E-state index contributed by atoms with van der Waals surface area (Å²) in [5, 5.41) is 0. The Kier molecular flexibility index (Phi) is 9.54. The standard InChI is InChI=1S/2C20H21.C5H12Si.2CH3.Hf/c2*1-14-13-16(20(2,3)4)11-12-17(14)19-10-6-8-15-7-5-9-18(15)19;1-3-4-5-6-2;;;/h2*5-13H,1-4H3;3-5H2,1-2H3;2*1H3;. The Morgan fingerprint density at radius 1 is 0.612 bits per heavy atom. The van der Waals surface area contributed by atoms with Crippen LogP contribution in [-0.2, 0) is 28.0 Å². The summed E-state index contributed by atoms with van der Waals surface area (Å²) in [6, 6.07) is 30.2. The Labute approximate surface area is 299 Å². The first-order valence-corrected chi connectivity index (χ1v) is 37.8. The van der Waals surface area contributed by atoms with E-state index in [1.165, 1.54) is 74.5 Å². The molecular weight excluding hydrogens is 771 g/mol. The van der Waals surface area contributed by atoms with Gasteiger partial charge < -0.3 is 0 Å². The molecule has 0 spiro atoms. The summed E-state index contributed by atoms with van der Waals surface area (Å²) < 4.78 is 6.88. The van der Waals surface area contributed by atoms with Gasteiger partial charge in [0.05, 0.1) is 0 Å². The van der Waals surface area contributed by atoms with Crippen LogP contribution in [0, 0.1) is 13.8 Å². The summed E-state index contributed by atoms with van der Waals surface area (Å²) in [5.74, 6) is 0. The first kappa shape index (κ1) is 36.2. The van der Waals surface area contributed by atoms with Crippen molar-refractivity contribution in [2.24, 2.45) is 0 Å². The molecule has 0 radical (unpaired) electrons. The van der Waals surface area contributed by atoms with Gasteiger partial charge in [-0.05, 0) is 0 Å². The second-order valence-electron chi connectivity index (χ2n) is 18.3. The third-order valence-corrected chi connectivity index (χ3v) is 70.8. The van der Waals surface area contributed by atoms with Crippen LogP contribution in [0.2, 0.25) is 22.0 Å². The summed E-state index contributed by atoms with van der Waals surface area (Å²) in [7, 11) is 0. The Hall–Kier alpha value is -2.55. The third kappa shape index (κ3) is 6.22. The van der Waals surface area contributed by atoms with Crippen LogP contribution in [0.4, 0.5) is 0 Å². The maximum absolute atomic E-state index is 3.87. The summed E-state index contributed by atoms with van der Waals surface area (Å²) in [4.78, 5) is 0. The number of unbranched alkanes of at least 4 members (excludes halogenated alkanes) is 1. The molecule has 2 heteroatoms. The molecule has 6 rings (SSSR count). The fraction of sp³-hybridized carbons (Fsp3) is 0.404. The third-order valence-electron chi connectivity index (χ3n) is 12.8. The predicted octanol–water partition coefficient (Wildman–Crippen LogP) is 14.3. The normalized spacial score (nSPS) is 17.4. The topological polar surface area (TPSA) is 0 Å². The van der Waals surface area contributed by atoms with Crippen LogP contribution in [0.15, 0.2) is 84.9 Å². The van der Waals surface area contributed by atoms with Gasteiger partial charge in [0.2, 0.25) is 0 Å². The summed E-state index contributed by atoms with van der Waals surface area (Å²) in [5.41, 5.74) is 17.0. The molecule has 0 heterocycles. The van der Waals surface area contributed by atoms with Crippen molar-refractivity contribution in [3.8, 4) is 22.3 Å². The van der Waals surface area contributed by atoms with E-state index in [-0.39, 0.29) is 10.8 Å². The van der Waals surface area contributed by atoms with Crippen molar-refractivity contribution >= 4 is 17.6 Å². The number of benzene rings is 4. The SMILES string of the molecule is CCCC[Si](C)=[Hf]([CH3])([CH3])([CH]1C=Cc2c(-c3ccc(C(C)(C)C)cc3C)cccc21)[CH]1C=Cc2c(-c3ccc(C(C)(C)C)cc3C)cccc21. The van der Waals surface area contributed by atoms with Crippen LogP contribution in [0.25, 0.3) is 34.4 Å². The van der Waals surface area contributed by atoms with Crippen LogP contribution in [0.5, 0.6) is 0 Å². The van der Waals surface area contributed by atoms with E-state index >= 15 is 0 Å². The zero-order valence-electron chi connectivity index (χ0n) is 32.5. The molecule has 4 aromatic carbocycles. The van der Waals surface area contributed by atoms with E-state index in [1.54, 1.807) is 11.1 Å². The molecule has 0 N–H and O–H groups in total. The Morgan fingerprint density at radius 3 is 1.41 bits per heavy atom. The van der Waals surface area contributed by atoms with Gasteiger partial charge in [0, 0.05) is 0 Å². The van der Waals surface area contributed by atoms with Crippen molar-refractivity contribution in [2.45, 2.75) is 115 Å². The first-order chi connectivity index (χ1) is 23.0. The maximum atomic E-state index is 2.89. The Bertz CT molecular complexity index is 1930. The predicted molar refractivity (Wildman–Crippen MR) is 217 cm³/mol. The van der Waals surface area contributed by atoms with E-state index in [4.69, 9.17) is 0 Å². The molecule has 0 nitrogen and oxygen atoms in total. The quantitative estimate of drug-likeness (QED) is 0.163. The van der Waals surface area contributed by atoms with E-state index in [1.807, 2.05) is 0 Å². The van der Waals surface area contributed by atoms with Gasteiger partial charge in [-0.2, -0.15) is 0 Å². The number of allylic oxidation sites excluding steroid dienone is 2. The van der Waals surface area contributed by atoms with Crippen molar-refractivity contribution in [3.63, 3.8) is 0 Å². The van der Waals surface area contributed by atoms with E-state index in [0.717, 1.165) is 0 Å². The van der Waals surface area contributed by atoms with Gasteiger partial charge in [0.15, 0.2) is 0 Å². The van der Waals surface area contributed by atoms with Gasteiger partial charge in [-0.25, -0.2) is 0 Å². The molecule has 0 amide bonds. The minimum atomic E-state index is -3.87. The molecule has 0 fully saturated rings. The zero-order valence-corrected chi connectivity index (χ0v) is 37.1. The molecule has 0 aromatic heterocycles. The van der Waals surface area contributed by atoms with E-state index in [0.29, 0.717) is 7.35 Å². The van der Waals surface area contributed by atoms with Crippen molar-refractivity contribution in [1.82, 2.24) is 0 Å². The van der Waals surface area contributed by atoms with Gasteiger partial charge in [0.1, 0.15) is 0 Å². The van der Waals surface area contributed by atoms with Gasteiger partial charge in [0.25, 0.3) is 0 Å². The Morgan fingerprint density at radius 2 is 1.04 bits per heavy atom. The van der Waals surface area contributed by atoms with Crippen molar-refractivity contribution in [2.75, 3.05) is 0 Å². The molecule has 2 aliphatic rings. The monoisotopic (exact) mass is 832 g/mol. The Balaban J connectivity index is 1.50. The number of aryl methyl sites for hydroxylation is 2. The molecule has 2 aliphatic carbocycles. The second kappa shape index (κ2) is 12.9. The van der Waals surface area contributed by atoms with E-state index < -0.39 is 22.6 Å². The molecule has 0 bridgehead atoms. The fourth-order valence-corrected chi connectivity index (χ4v) is 52.8. The van der Waals surface area contributed by atoms with Gasteiger partial charge in [-0.15, -0.1) is 0 Å². The first-order valence-electron chi connectivity index (χ1n) is 18.8. The summed E-state index contributed by atoms with van der Waals surface area (Å²) in [6.07, 6.45) is 13.1. The molecule has 256 valence electrons. The molecule has 0 aliphatic heterocycles. The van der Waals surface area contributed by atoms with E-state index in [2.05, 4.69) is 175 Å². The average molecular weight is 832 g/mol. The summed E-state index contributed by atoms with van der Waals surface area (Å²) in [6.45, 7) is 23.6. The van der Waals surface area contributed by atoms with Gasteiger partial charge in [-0.3, -0.25) is 0 Å².